The Morgan fingerprint density at radius 2 is 1.76 bits per heavy atom. The summed E-state index contributed by atoms with van der Waals surface area (Å²) >= 11 is 0. The van der Waals surface area contributed by atoms with Gasteiger partial charge in [0.1, 0.15) is 5.75 Å². The predicted octanol–water partition coefficient (Wildman–Crippen LogP) is 3.23. The standard InChI is InChI=1S/C21H26N2O2/c1-25-20-9-5-4-8-18(20)22-16-10-12-23(13-11-16)19-14-15-6-2-3-7-17(15)21(19)24/h2-9,16,19,21-22,24H,10-14H2,1H3/t19-,21+/m1/s1. The Labute approximate surface area is 149 Å². The highest BCUT2D eigenvalue weighted by atomic mass is 16.5. The molecule has 1 aliphatic carbocycles. The van der Waals surface area contributed by atoms with Crippen LogP contribution >= 0.6 is 0 Å². The largest absolute Gasteiger partial charge is 0.495 e. The second-order valence-corrected chi connectivity index (χ2v) is 7.07. The van der Waals surface area contributed by atoms with E-state index in [2.05, 4.69) is 34.5 Å². The number of hydrogen-bond donors (Lipinski definition) is 2. The van der Waals surface area contributed by atoms with Gasteiger partial charge in [-0.15, -0.1) is 0 Å². The molecule has 4 rings (SSSR count). The highest BCUT2D eigenvalue weighted by Crippen LogP contribution is 2.36. The van der Waals surface area contributed by atoms with E-state index in [1.807, 2.05) is 24.3 Å². The summed E-state index contributed by atoms with van der Waals surface area (Å²) in [6.45, 7) is 2.03. The number of methoxy groups -OCH3 is 1. The van der Waals surface area contributed by atoms with E-state index < -0.39 is 0 Å². The minimum atomic E-state index is -0.352. The summed E-state index contributed by atoms with van der Waals surface area (Å²) in [6.07, 6.45) is 2.77. The number of fused-ring (bicyclic) bond motifs is 1. The molecule has 25 heavy (non-hydrogen) atoms. The third kappa shape index (κ3) is 3.24. The van der Waals surface area contributed by atoms with E-state index in [-0.39, 0.29) is 12.1 Å². The maximum atomic E-state index is 10.7. The van der Waals surface area contributed by atoms with Gasteiger partial charge in [-0.3, -0.25) is 4.90 Å². The molecule has 0 amide bonds. The fraction of sp³-hybridized carbons (Fsp3) is 0.429. The van der Waals surface area contributed by atoms with Gasteiger partial charge in [0, 0.05) is 25.2 Å². The smallest absolute Gasteiger partial charge is 0.141 e. The van der Waals surface area contributed by atoms with Crippen molar-refractivity contribution in [2.24, 2.45) is 0 Å². The van der Waals surface area contributed by atoms with Crippen LogP contribution in [0, 0.1) is 0 Å². The topological polar surface area (TPSA) is 44.7 Å². The highest BCUT2D eigenvalue weighted by molar-refractivity contribution is 5.56. The van der Waals surface area contributed by atoms with Gasteiger partial charge in [-0.1, -0.05) is 36.4 Å². The number of piperidine rings is 1. The molecular formula is C21H26N2O2. The van der Waals surface area contributed by atoms with Crippen LogP contribution in [-0.4, -0.2) is 42.3 Å². The van der Waals surface area contributed by atoms with Crippen molar-refractivity contribution < 1.29 is 9.84 Å². The minimum absolute atomic E-state index is 0.226. The molecule has 2 aliphatic rings. The second kappa shape index (κ2) is 7.06. The molecule has 2 aromatic rings. The SMILES string of the molecule is COc1ccccc1NC1CCN([C@@H]2Cc3ccccc3[C@@H]2O)CC1. The molecule has 0 spiro atoms. The van der Waals surface area contributed by atoms with E-state index in [1.54, 1.807) is 7.11 Å². The zero-order valence-electron chi connectivity index (χ0n) is 14.7. The number of rotatable bonds is 4. The molecule has 132 valence electrons. The third-order valence-electron chi connectivity index (χ3n) is 5.63. The Morgan fingerprint density at radius 3 is 2.52 bits per heavy atom. The Bertz CT molecular complexity index is 725. The summed E-state index contributed by atoms with van der Waals surface area (Å²) in [4.78, 5) is 2.46. The average Bonchev–Trinajstić information content (AvgIpc) is 3.00. The number of benzene rings is 2. The van der Waals surface area contributed by atoms with Crippen LogP contribution < -0.4 is 10.1 Å². The van der Waals surface area contributed by atoms with E-state index in [4.69, 9.17) is 4.74 Å². The van der Waals surface area contributed by atoms with Crippen LogP contribution in [-0.2, 0) is 6.42 Å². The van der Waals surface area contributed by atoms with Crippen molar-refractivity contribution in [3.63, 3.8) is 0 Å². The highest BCUT2D eigenvalue weighted by Gasteiger charge is 2.36. The maximum Gasteiger partial charge on any atom is 0.141 e. The molecule has 1 aliphatic heterocycles. The van der Waals surface area contributed by atoms with Gasteiger partial charge in [0.05, 0.1) is 18.9 Å². The molecule has 1 saturated heterocycles. The zero-order chi connectivity index (χ0) is 17.2. The van der Waals surface area contributed by atoms with Gasteiger partial charge in [0.2, 0.25) is 0 Å². The molecule has 0 aromatic heterocycles. The Hall–Kier alpha value is -2.04. The van der Waals surface area contributed by atoms with Crippen LogP contribution in [0.2, 0.25) is 0 Å². The van der Waals surface area contributed by atoms with E-state index in [0.29, 0.717) is 6.04 Å². The molecular weight excluding hydrogens is 312 g/mol. The first-order chi connectivity index (χ1) is 12.3. The van der Waals surface area contributed by atoms with Gasteiger partial charge in [-0.25, -0.2) is 0 Å². The van der Waals surface area contributed by atoms with Crippen molar-refractivity contribution in [3.8, 4) is 5.75 Å². The van der Waals surface area contributed by atoms with Crippen molar-refractivity contribution in [3.05, 3.63) is 59.7 Å². The van der Waals surface area contributed by atoms with Crippen LogP contribution in [0.3, 0.4) is 0 Å². The van der Waals surface area contributed by atoms with E-state index in [1.165, 1.54) is 5.56 Å². The minimum Gasteiger partial charge on any atom is -0.495 e. The number of hydrogen-bond acceptors (Lipinski definition) is 4. The molecule has 4 heteroatoms. The van der Waals surface area contributed by atoms with Crippen LogP contribution in [0.5, 0.6) is 5.75 Å². The number of ether oxygens (including phenoxy) is 1. The fourth-order valence-corrected chi connectivity index (χ4v) is 4.24. The molecule has 1 heterocycles. The molecule has 2 N–H and O–H groups in total. The lowest BCUT2D eigenvalue weighted by atomic mass is 10.0. The van der Waals surface area contributed by atoms with Crippen LogP contribution in [0.1, 0.15) is 30.1 Å². The first-order valence-corrected chi connectivity index (χ1v) is 9.15. The molecule has 0 unspecified atom stereocenters. The monoisotopic (exact) mass is 338 g/mol. The Kier molecular flexibility index (Phi) is 4.64. The number of likely N-dealkylation sites (tertiary alicyclic amines) is 1. The molecule has 0 radical (unpaired) electrons. The van der Waals surface area contributed by atoms with Crippen LogP contribution in [0.15, 0.2) is 48.5 Å². The number of nitrogens with zero attached hydrogens (tertiary/aromatic N) is 1. The van der Waals surface area contributed by atoms with Crippen molar-refractivity contribution in [2.45, 2.75) is 37.5 Å². The summed E-state index contributed by atoms with van der Waals surface area (Å²) in [7, 11) is 1.71. The summed E-state index contributed by atoms with van der Waals surface area (Å²) in [5.74, 6) is 0.895. The van der Waals surface area contributed by atoms with E-state index in [9.17, 15) is 5.11 Å². The normalized spacial score (nSPS) is 24.1. The number of anilines is 1. The lowest BCUT2D eigenvalue weighted by Gasteiger charge is -2.38. The fourth-order valence-electron chi connectivity index (χ4n) is 4.24. The number of aliphatic hydroxyl groups excluding tert-OH is 1. The van der Waals surface area contributed by atoms with Crippen molar-refractivity contribution in [1.82, 2.24) is 4.90 Å². The molecule has 2 atom stereocenters. The third-order valence-corrected chi connectivity index (χ3v) is 5.63. The summed E-state index contributed by atoms with van der Waals surface area (Å²) in [5, 5.41) is 14.3. The molecule has 0 bridgehead atoms. The van der Waals surface area contributed by atoms with E-state index >= 15 is 0 Å². The number of para-hydroxylation sites is 2. The lowest BCUT2D eigenvalue weighted by molar-refractivity contribution is 0.0474. The van der Waals surface area contributed by atoms with Crippen LogP contribution in [0.4, 0.5) is 5.69 Å². The van der Waals surface area contributed by atoms with E-state index in [0.717, 1.165) is 49.4 Å². The maximum absolute atomic E-state index is 10.7. The zero-order valence-corrected chi connectivity index (χ0v) is 14.7. The molecule has 0 saturated carbocycles. The Morgan fingerprint density at radius 1 is 1.04 bits per heavy atom. The first kappa shape index (κ1) is 16.4. The van der Waals surface area contributed by atoms with Gasteiger partial charge in [-0.2, -0.15) is 0 Å². The molecule has 4 nitrogen and oxygen atoms in total. The lowest BCUT2D eigenvalue weighted by Crippen LogP contribution is -2.46. The van der Waals surface area contributed by atoms with Gasteiger partial charge in [-0.05, 0) is 42.5 Å². The first-order valence-electron chi connectivity index (χ1n) is 9.15. The number of aliphatic hydroxyl groups is 1. The summed E-state index contributed by atoms with van der Waals surface area (Å²) in [5.41, 5.74) is 3.48. The van der Waals surface area contributed by atoms with Gasteiger partial charge in [0.15, 0.2) is 0 Å². The average molecular weight is 338 g/mol. The van der Waals surface area contributed by atoms with Crippen LogP contribution in [0.25, 0.3) is 0 Å². The summed E-state index contributed by atoms with van der Waals surface area (Å²) in [6, 6.07) is 17.1. The quantitative estimate of drug-likeness (QED) is 0.898. The predicted molar refractivity (Wildman–Crippen MR) is 100 cm³/mol. The number of nitrogens with one attached hydrogen (secondary N) is 1. The molecule has 1 fully saturated rings. The van der Waals surface area contributed by atoms with Gasteiger partial charge >= 0.3 is 0 Å². The summed E-state index contributed by atoms with van der Waals surface area (Å²) < 4.78 is 5.43. The van der Waals surface area contributed by atoms with Crippen molar-refractivity contribution >= 4 is 5.69 Å². The Balaban J connectivity index is 1.36. The van der Waals surface area contributed by atoms with Gasteiger partial charge < -0.3 is 15.2 Å². The van der Waals surface area contributed by atoms with Gasteiger partial charge in [0.25, 0.3) is 0 Å². The molecule has 2 aromatic carbocycles. The van der Waals surface area contributed by atoms with Crippen molar-refractivity contribution in [1.29, 1.82) is 0 Å². The second-order valence-electron chi connectivity index (χ2n) is 7.07. The van der Waals surface area contributed by atoms with Crippen molar-refractivity contribution in [2.75, 3.05) is 25.5 Å².